The second-order valence-electron chi connectivity index (χ2n) is 2.41. The van der Waals surface area contributed by atoms with E-state index in [0.717, 1.165) is 11.6 Å². The Labute approximate surface area is 76.5 Å². The number of rotatable bonds is 2. The Bertz CT molecular complexity index is 369. The molecule has 0 aliphatic rings. The molecule has 0 saturated heterocycles. The van der Waals surface area contributed by atoms with E-state index in [0.29, 0.717) is 5.57 Å². The van der Waals surface area contributed by atoms with Crippen molar-refractivity contribution < 1.29 is 9.90 Å². The lowest BCUT2D eigenvalue weighted by atomic mass is 10.1. The van der Waals surface area contributed by atoms with Crippen LogP contribution < -0.4 is 0 Å². The Morgan fingerprint density at radius 3 is 2.46 bits per heavy atom. The smallest absolute Gasteiger partial charge is 0.329 e. The van der Waals surface area contributed by atoms with Crippen molar-refractivity contribution in [3.8, 4) is 12.3 Å². The number of hydrogen-bond donors (Lipinski definition) is 1. The van der Waals surface area contributed by atoms with Crippen LogP contribution in [0.3, 0.4) is 0 Å². The van der Waals surface area contributed by atoms with E-state index in [1.807, 2.05) is 18.2 Å². The van der Waals surface area contributed by atoms with Crippen LogP contribution in [0.1, 0.15) is 5.56 Å². The van der Waals surface area contributed by atoms with Crippen LogP contribution in [0.5, 0.6) is 0 Å². The van der Waals surface area contributed by atoms with Gasteiger partial charge >= 0.3 is 5.97 Å². The molecule has 0 aliphatic heterocycles. The molecule has 0 spiro atoms. The fourth-order valence-electron chi connectivity index (χ4n) is 0.950. The Kier molecular flexibility index (Phi) is 2.88. The SMILES string of the molecule is C#CC(=CC(=O)O)c1ccccc1. The van der Waals surface area contributed by atoms with Gasteiger partial charge in [0.1, 0.15) is 0 Å². The minimum atomic E-state index is -1.03. The molecule has 1 rings (SSSR count). The summed E-state index contributed by atoms with van der Waals surface area (Å²) in [5.74, 6) is 1.30. The van der Waals surface area contributed by atoms with Crippen LogP contribution in [-0.4, -0.2) is 11.1 Å². The third-order valence-corrected chi connectivity index (χ3v) is 1.51. The van der Waals surface area contributed by atoms with Gasteiger partial charge in [0.2, 0.25) is 0 Å². The summed E-state index contributed by atoms with van der Waals surface area (Å²) in [4.78, 5) is 10.4. The summed E-state index contributed by atoms with van der Waals surface area (Å²) in [6.07, 6.45) is 6.19. The van der Waals surface area contributed by atoms with Crippen LogP contribution in [0.2, 0.25) is 0 Å². The van der Waals surface area contributed by atoms with Crippen molar-refractivity contribution in [1.29, 1.82) is 0 Å². The highest BCUT2D eigenvalue weighted by Crippen LogP contribution is 2.11. The Balaban J connectivity index is 3.07. The van der Waals surface area contributed by atoms with Crippen molar-refractivity contribution in [1.82, 2.24) is 0 Å². The molecule has 2 heteroatoms. The van der Waals surface area contributed by atoms with E-state index < -0.39 is 5.97 Å². The van der Waals surface area contributed by atoms with Crippen molar-refractivity contribution in [2.24, 2.45) is 0 Å². The van der Waals surface area contributed by atoms with E-state index in [4.69, 9.17) is 11.5 Å². The fraction of sp³-hybridized carbons (Fsp3) is 0. The lowest BCUT2D eigenvalue weighted by Crippen LogP contribution is -1.90. The van der Waals surface area contributed by atoms with Gasteiger partial charge in [-0.1, -0.05) is 36.3 Å². The average Bonchev–Trinajstić information content (AvgIpc) is 2.15. The van der Waals surface area contributed by atoms with Crippen LogP contribution in [0.4, 0.5) is 0 Å². The molecule has 1 aromatic rings. The van der Waals surface area contributed by atoms with E-state index >= 15 is 0 Å². The zero-order valence-electron chi connectivity index (χ0n) is 6.90. The molecular weight excluding hydrogens is 164 g/mol. The number of aliphatic carboxylic acids is 1. The third-order valence-electron chi connectivity index (χ3n) is 1.51. The van der Waals surface area contributed by atoms with Crippen LogP contribution in [0.15, 0.2) is 36.4 Å². The Hall–Kier alpha value is -2.01. The summed E-state index contributed by atoms with van der Waals surface area (Å²) in [6, 6.07) is 9.01. The minimum absolute atomic E-state index is 0.383. The van der Waals surface area contributed by atoms with Gasteiger partial charge in [0.25, 0.3) is 0 Å². The molecular formula is C11H8O2. The molecule has 0 bridgehead atoms. The predicted molar refractivity (Wildman–Crippen MR) is 50.9 cm³/mol. The van der Waals surface area contributed by atoms with Gasteiger partial charge in [-0.3, -0.25) is 0 Å². The van der Waals surface area contributed by atoms with Crippen LogP contribution in [0.25, 0.3) is 5.57 Å². The fourth-order valence-corrected chi connectivity index (χ4v) is 0.950. The highest BCUT2D eigenvalue weighted by Gasteiger charge is 1.98. The first-order chi connectivity index (χ1) is 6.24. The molecule has 0 fully saturated rings. The van der Waals surface area contributed by atoms with Gasteiger partial charge in [-0.05, 0) is 5.56 Å². The van der Waals surface area contributed by atoms with Crippen molar-refractivity contribution in [2.75, 3.05) is 0 Å². The van der Waals surface area contributed by atoms with Gasteiger partial charge in [0, 0.05) is 11.6 Å². The van der Waals surface area contributed by atoms with Crippen molar-refractivity contribution in [2.45, 2.75) is 0 Å². The van der Waals surface area contributed by atoms with Crippen LogP contribution in [0, 0.1) is 12.3 Å². The molecule has 0 unspecified atom stereocenters. The monoisotopic (exact) mass is 172 g/mol. The minimum Gasteiger partial charge on any atom is -0.478 e. The van der Waals surface area contributed by atoms with E-state index in [9.17, 15) is 4.79 Å². The zero-order valence-corrected chi connectivity index (χ0v) is 6.90. The quantitative estimate of drug-likeness (QED) is 0.545. The molecule has 0 heterocycles. The summed E-state index contributed by atoms with van der Waals surface area (Å²) in [7, 11) is 0. The van der Waals surface area contributed by atoms with Crippen LogP contribution in [-0.2, 0) is 4.79 Å². The standard InChI is InChI=1S/C11H8O2/c1-2-9(8-11(12)13)10-6-4-3-5-7-10/h1,3-8H,(H,12,13). The van der Waals surface area contributed by atoms with Gasteiger partial charge in [-0.15, -0.1) is 6.42 Å². The Morgan fingerprint density at radius 1 is 1.38 bits per heavy atom. The summed E-state index contributed by atoms with van der Waals surface area (Å²) in [6.45, 7) is 0. The zero-order chi connectivity index (χ0) is 9.68. The topological polar surface area (TPSA) is 37.3 Å². The van der Waals surface area contributed by atoms with E-state index in [1.54, 1.807) is 12.1 Å². The van der Waals surface area contributed by atoms with Gasteiger partial charge in [-0.2, -0.15) is 0 Å². The molecule has 0 amide bonds. The van der Waals surface area contributed by atoms with E-state index in [2.05, 4.69) is 5.92 Å². The molecule has 0 saturated carbocycles. The van der Waals surface area contributed by atoms with Crippen molar-refractivity contribution in [3.63, 3.8) is 0 Å². The average molecular weight is 172 g/mol. The number of hydrogen-bond acceptors (Lipinski definition) is 1. The molecule has 1 aromatic carbocycles. The number of terminal acetylenes is 1. The number of allylic oxidation sites excluding steroid dienone is 1. The summed E-state index contributed by atoms with van der Waals surface area (Å²) in [5.41, 5.74) is 1.13. The van der Waals surface area contributed by atoms with Gasteiger partial charge in [-0.25, -0.2) is 4.79 Å². The maximum absolute atomic E-state index is 10.4. The van der Waals surface area contributed by atoms with E-state index in [1.165, 1.54) is 0 Å². The van der Waals surface area contributed by atoms with Crippen molar-refractivity contribution >= 4 is 11.5 Å². The number of carboxylic acid groups (broad SMARTS) is 1. The lowest BCUT2D eigenvalue weighted by molar-refractivity contribution is -0.131. The second-order valence-corrected chi connectivity index (χ2v) is 2.41. The second kappa shape index (κ2) is 4.13. The number of benzene rings is 1. The first-order valence-corrected chi connectivity index (χ1v) is 3.70. The molecule has 1 N–H and O–H groups in total. The maximum atomic E-state index is 10.4. The van der Waals surface area contributed by atoms with E-state index in [-0.39, 0.29) is 0 Å². The van der Waals surface area contributed by atoms with Crippen LogP contribution >= 0.6 is 0 Å². The molecule has 64 valence electrons. The predicted octanol–water partition coefficient (Wildman–Crippen LogP) is 1.79. The normalized spacial score (nSPS) is 10.5. The third kappa shape index (κ3) is 2.49. The molecule has 0 radical (unpaired) electrons. The highest BCUT2D eigenvalue weighted by atomic mass is 16.4. The summed E-state index contributed by atoms with van der Waals surface area (Å²) in [5, 5.41) is 8.50. The van der Waals surface area contributed by atoms with Gasteiger partial charge in [0.15, 0.2) is 0 Å². The summed E-state index contributed by atoms with van der Waals surface area (Å²) >= 11 is 0. The Morgan fingerprint density at radius 2 is 2.00 bits per heavy atom. The summed E-state index contributed by atoms with van der Waals surface area (Å²) < 4.78 is 0. The number of carbonyl (C=O) groups is 1. The lowest BCUT2D eigenvalue weighted by Gasteiger charge is -1.97. The van der Waals surface area contributed by atoms with Gasteiger partial charge in [0.05, 0.1) is 0 Å². The molecule has 2 nitrogen and oxygen atoms in total. The van der Waals surface area contributed by atoms with Crippen molar-refractivity contribution in [3.05, 3.63) is 42.0 Å². The van der Waals surface area contributed by atoms with Gasteiger partial charge < -0.3 is 5.11 Å². The maximum Gasteiger partial charge on any atom is 0.329 e. The molecule has 0 atom stereocenters. The first-order valence-electron chi connectivity index (χ1n) is 3.70. The molecule has 0 aromatic heterocycles. The first kappa shape index (κ1) is 9.08. The molecule has 13 heavy (non-hydrogen) atoms. The largest absolute Gasteiger partial charge is 0.478 e. The number of carboxylic acids is 1. The highest BCUT2D eigenvalue weighted by molar-refractivity contribution is 5.94. The molecule has 0 aliphatic carbocycles.